The van der Waals surface area contributed by atoms with E-state index in [0.29, 0.717) is 24.2 Å². The van der Waals surface area contributed by atoms with E-state index in [1.54, 1.807) is 0 Å². The average Bonchev–Trinajstić information content (AvgIpc) is 3.45. The normalized spacial score (nSPS) is 28.4. The van der Waals surface area contributed by atoms with Crippen molar-refractivity contribution in [1.29, 1.82) is 0 Å². The second-order valence-corrected chi connectivity index (χ2v) is 10.8. The molecule has 0 aromatic heterocycles. The van der Waals surface area contributed by atoms with Gasteiger partial charge in [0.15, 0.2) is 5.96 Å². The van der Waals surface area contributed by atoms with Crippen LogP contribution in [0.4, 0.5) is 13.2 Å². The van der Waals surface area contributed by atoms with Gasteiger partial charge in [-0.25, -0.2) is 4.99 Å². The summed E-state index contributed by atoms with van der Waals surface area (Å²) in [5, 5.41) is 2.94. The topological polar surface area (TPSA) is 97.0 Å². The lowest BCUT2D eigenvalue weighted by Gasteiger charge is -2.38. The van der Waals surface area contributed by atoms with Crippen LogP contribution in [0.2, 0.25) is 0 Å². The van der Waals surface area contributed by atoms with Crippen LogP contribution in [0, 0.1) is 11.8 Å². The number of alkyl halides is 3. The molecule has 3 aliphatic rings. The summed E-state index contributed by atoms with van der Waals surface area (Å²) in [5.74, 6) is -0.349. The van der Waals surface area contributed by atoms with Crippen LogP contribution in [-0.4, -0.2) is 39.9 Å². The van der Waals surface area contributed by atoms with E-state index < -0.39 is 28.9 Å². The molecule has 4 rings (SSSR count). The van der Waals surface area contributed by atoms with Crippen molar-refractivity contribution in [3.05, 3.63) is 29.3 Å². The Labute approximate surface area is 196 Å². The molecule has 0 spiro atoms. The molecule has 186 valence electrons. The predicted molar refractivity (Wildman–Crippen MR) is 120 cm³/mol. The summed E-state index contributed by atoms with van der Waals surface area (Å²) in [6.45, 7) is 9.19. The number of benzene rings is 1. The fourth-order valence-corrected chi connectivity index (χ4v) is 5.10. The lowest BCUT2D eigenvalue weighted by atomic mass is 9.88. The first-order valence-corrected chi connectivity index (χ1v) is 11.5. The number of nitrogens with two attached hydrogens (primary N) is 1. The number of nitrogens with one attached hydrogen (secondary N) is 1. The van der Waals surface area contributed by atoms with Crippen LogP contribution in [0.5, 0.6) is 5.75 Å². The number of aliphatic imine (C=N–C) groups is 1. The Bertz CT molecular complexity index is 1050. The fraction of sp³-hybridized carbons (Fsp3) is 0.625. The summed E-state index contributed by atoms with van der Waals surface area (Å²) in [7, 11) is 0. The average molecular weight is 481 g/mol. The third-order valence-electron chi connectivity index (χ3n) is 6.83. The molecule has 4 atom stereocenters. The van der Waals surface area contributed by atoms with Gasteiger partial charge in [0.25, 0.3) is 0 Å². The highest BCUT2D eigenvalue weighted by Crippen LogP contribution is 2.46. The van der Waals surface area contributed by atoms with Gasteiger partial charge >= 0.3 is 6.18 Å². The number of carbonyl (C=O) groups excluding carboxylic acids is 2. The van der Waals surface area contributed by atoms with E-state index in [1.807, 2.05) is 34.6 Å². The van der Waals surface area contributed by atoms with Crippen LogP contribution in [0.1, 0.15) is 71.0 Å². The molecule has 34 heavy (non-hydrogen) atoms. The SMILES string of the molecule is C[C@H]([C@H]1CC1C(=O)NC1CC(C)(C)Oc2ccc(C(F)(F)F)cc21)N1C(=O)CC(C)(C)N=C1N. The van der Waals surface area contributed by atoms with Gasteiger partial charge in [-0.05, 0) is 65.2 Å². The Morgan fingerprint density at radius 1 is 1.29 bits per heavy atom. The number of ether oxygens (including phenoxy) is 1. The van der Waals surface area contributed by atoms with Crippen molar-refractivity contribution in [2.24, 2.45) is 22.6 Å². The van der Waals surface area contributed by atoms with Crippen molar-refractivity contribution >= 4 is 17.8 Å². The van der Waals surface area contributed by atoms with Crippen molar-refractivity contribution in [2.45, 2.75) is 83.3 Å². The monoisotopic (exact) mass is 480 g/mol. The maximum Gasteiger partial charge on any atom is 0.416 e. The van der Waals surface area contributed by atoms with Crippen molar-refractivity contribution < 1.29 is 27.5 Å². The van der Waals surface area contributed by atoms with Crippen molar-refractivity contribution in [2.75, 3.05) is 0 Å². The molecule has 2 amide bonds. The number of hydrogen-bond acceptors (Lipinski definition) is 5. The summed E-state index contributed by atoms with van der Waals surface area (Å²) in [5.41, 5.74) is 4.38. The van der Waals surface area contributed by atoms with E-state index in [-0.39, 0.29) is 42.1 Å². The zero-order chi connectivity index (χ0) is 25.2. The molecule has 1 fully saturated rings. The summed E-state index contributed by atoms with van der Waals surface area (Å²) in [4.78, 5) is 31.6. The van der Waals surface area contributed by atoms with Gasteiger partial charge in [0.05, 0.1) is 23.6 Å². The Hall–Kier alpha value is -2.78. The highest BCUT2D eigenvalue weighted by Gasteiger charge is 2.51. The van der Waals surface area contributed by atoms with Crippen LogP contribution >= 0.6 is 0 Å². The molecule has 2 aliphatic heterocycles. The van der Waals surface area contributed by atoms with Crippen molar-refractivity contribution in [3.8, 4) is 5.75 Å². The maximum absolute atomic E-state index is 13.3. The van der Waals surface area contributed by atoms with E-state index in [1.165, 1.54) is 11.0 Å². The third kappa shape index (κ3) is 4.72. The Kier molecular flexibility index (Phi) is 5.64. The van der Waals surface area contributed by atoms with Gasteiger partial charge in [0, 0.05) is 23.9 Å². The summed E-state index contributed by atoms with van der Waals surface area (Å²) < 4.78 is 45.7. The van der Waals surface area contributed by atoms with Gasteiger partial charge in [-0.2, -0.15) is 13.2 Å². The Morgan fingerprint density at radius 3 is 2.59 bits per heavy atom. The number of rotatable bonds is 4. The second-order valence-electron chi connectivity index (χ2n) is 10.8. The van der Waals surface area contributed by atoms with Crippen LogP contribution in [-0.2, 0) is 15.8 Å². The second kappa shape index (κ2) is 7.88. The molecule has 7 nitrogen and oxygen atoms in total. The van der Waals surface area contributed by atoms with Gasteiger partial charge in [-0.15, -0.1) is 0 Å². The van der Waals surface area contributed by atoms with Gasteiger partial charge < -0.3 is 15.8 Å². The molecule has 3 N–H and O–H groups in total. The molecule has 1 saturated carbocycles. The third-order valence-corrected chi connectivity index (χ3v) is 6.83. The van der Waals surface area contributed by atoms with Gasteiger partial charge in [0.1, 0.15) is 11.4 Å². The minimum absolute atomic E-state index is 0.104. The number of carbonyl (C=O) groups is 2. The first kappa shape index (κ1) is 24.3. The van der Waals surface area contributed by atoms with E-state index in [0.717, 1.165) is 12.1 Å². The smallest absolute Gasteiger partial charge is 0.416 e. The van der Waals surface area contributed by atoms with Crippen molar-refractivity contribution in [3.63, 3.8) is 0 Å². The largest absolute Gasteiger partial charge is 0.487 e. The van der Waals surface area contributed by atoms with Crippen LogP contribution in [0.3, 0.4) is 0 Å². The molecule has 10 heteroatoms. The standard InChI is InChI=1S/C24H31F3N4O3/c1-12(31-19(32)11-22(2,3)30-21(31)28)14-9-15(14)20(33)29-17-10-23(4,5)34-18-7-6-13(8-16(17)18)24(25,26)27/h6-8,12,14-15,17H,9-11H2,1-5H3,(H2,28,30)(H,29,33)/t12-,14-,15?,17?/m1/s1. The molecular formula is C24H31F3N4O3. The van der Waals surface area contributed by atoms with Crippen LogP contribution in [0.15, 0.2) is 23.2 Å². The lowest BCUT2D eigenvalue weighted by Crippen LogP contribution is -2.54. The Balaban J connectivity index is 1.49. The van der Waals surface area contributed by atoms with E-state index in [2.05, 4.69) is 10.3 Å². The fourth-order valence-electron chi connectivity index (χ4n) is 5.10. The van der Waals surface area contributed by atoms with E-state index in [9.17, 15) is 22.8 Å². The molecule has 1 aliphatic carbocycles. The molecule has 0 radical (unpaired) electrons. The molecule has 1 aromatic rings. The molecule has 1 aromatic carbocycles. The summed E-state index contributed by atoms with van der Waals surface area (Å²) in [6.07, 6.45) is -3.36. The molecular weight excluding hydrogens is 449 g/mol. The molecule has 0 saturated heterocycles. The number of halogens is 3. The summed E-state index contributed by atoms with van der Waals surface area (Å²) >= 11 is 0. The molecule has 2 unspecified atom stereocenters. The van der Waals surface area contributed by atoms with Gasteiger partial charge in [-0.1, -0.05) is 0 Å². The Morgan fingerprint density at radius 2 is 1.97 bits per heavy atom. The number of fused-ring (bicyclic) bond motifs is 1. The van der Waals surface area contributed by atoms with E-state index >= 15 is 0 Å². The van der Waals surface area contributed by atoms with Gasteiger partial charge in [0.2, 0.25) is 11.8 Å². The number of guanidine groups is 1. The number of nitrogens with zero attached hydrogens (tertiary/aromatic N) is 2. The van der Waals surface area contributed by atoms with Gasteiger partial charge in [-0.3, -0.25) is 14.5 Å². The van der Waals surface area contributed by atoms with E-state index in [4.69, 9.17) is 10.5 Å². The van der Waals surface area contributed by atoms with Crippen molar-refractivity contribution in [1.82, 2.24) is 10.2 Å². The molecule has 2 heterocycles. The highest BCUT2D eigenvalue weighted by molar-refractivity contribution is 5.99. The number of amides is 2. The summed E-state index contributed by atoms with van der Waals surface area (Å²) in [6, 6.07) is 2.42. The first-order chi connectivity index (χ1) is 15.6. The van der Waals surface area contributed by atoms with Crippen LogP contribution < -0.4 is 15.8 Å². The zero-order valence-corrected chi connectivity index (χ0v) is 20.0. The zero-order valence-electron chi connectivity index (χ0n) is 20.0. The maximum atomic E-state index is 13.3. The highest BCUT2D eigenvalue weighted by atomic mass is 19.4. The molecule has 0 bridgehead atoms. The minimum atomic E-state index is -4.50. The quantitative estimate of drug-likeness (QED) is 0.686. The lowest BCUT2D eigenvalue weighted by molar-refractivity contribution is -0.137. The van der Waals surface area contributed by atoms with Crippen LogP contribution in [0.25, 0.3) is 0 Å². The first-order valence-electron chi connectivity index (χ1n) is 11.5. The predicted octanol–water partition coefficient (Wildman–Crippen LogP) is 3.77. The number of hydrogen-bond donors (Lipinski definition) is 2. The minimum Gasteiger partial charge on any atom is -0.487 e.